The number of rotatable bonds is 2. The Bertz CT molecular complexity index is 382. The summed E-state index contributed by atoms with van der Waals surface area (Å²) in [6.07, 6.45) is 4.00. The van der Waals surface area contributed by atoms with Crippen molar-refractivity contribution in [2.45, 2.75) is 12.8 Å². The van der Waals surface area contributed by atoms with Crippen molar-refractivity contribution in [2.24, 2.45) is 0 Å². The third-order valence-electron chi connectivity index (χ3n) is 2.34. The van der Waals surface area contributed by atoms with Crippen LogP contribution in [0.5, 0.6) is 0 Å². The van der Waals surface area contributed by atoms with Crippen LogP contribution in [0.15, 0.2) is 30.0 Å². The molecule has 1 aliphatic rings. The highest BCUT2D eigenvalue weighted by Gasteiger charge is 2.07. The minimum atomic E-state index is -0.897. The van der Waals surface area contributed by atoms with Gasteiger partial charge < -0.3 is 9.84 Å². The van der Waals surface area contributed by atoms with E-state index in [0.717, 1.165) is 30.8 Å². The van der Waals surface area contributed by atoms with E-state index < -0.39 is 5.97 Å². The van der Waals surface area contributed by atoms with Crippen LogP contribution in [0.1, 0.15) is 28.8 Å². The maximum atomic E-state index is 10.6. The molecule has 1 N–H and O–H groups in total. The van der Waals surface area contributed by atoms with Crippen LogP contribution in [-0.2, 0) is 4.74 Å². The number of aromatic carboxylic acids is 1. The van der Waals surface area contributed by atoms with Gasteiger partial charge in [0.25, 0.3) is 0 Å². The average molecular weight is 204 g/mol. The van der Waals surface area contributed by atoms with Crippen molar-refractivity contribution < 1.29 is 14.6 Å². The van der Waals surface area contributed by atoms with Gasteiger partial charge >= 0.3 is 5.97 Å². The first kappa shape index (κ1) is 9.77. The number of benzene rings is 1. The van der Waals surface area contributed by atoms with Gasteiger partial charge in [0.2, 0.25) is 0 Å². The number of carboxylic acids is 1. The van der Waals surface area contributed by atoms with Gasteiger partial charge in [0.1, 0.15) is 0 Å². The van der Waals surface area contributed by atoms with Gasteiger partial charge in [-0.25, -0.2) is 4.79 Å². The Hall–Kier alpha value is -1.77. The standard InChI is InChI=1S/C12H12O3/c13-12(14)10-5-3-9(4-6-10)8-11-2-1-7-15-11/h3-6,8H,1-2,7H2,(H,13,14). The summed E-state index contributed by atoms with van der Waals surface area (Å²) in [5.74, 6) is 0.0874. The molecule has 78 valence electrons. The summed E-state index contributed by atoms with van der Waals surface area (Å²) >= 11 is 0. The smallest absolute Gasteiger partial charge is 0.335 e. The molecule has 0 aromatic heterocycles. The van der Waals surface area contributed by atoms with Crippen LogP contribution in [0, 0.1) is 0 Å². The van der Waals surface area contributed by atoms with Crippen molar-refractivity contribution >= 4 is 12.0 Å². The average Bonchev–Trinajstić information content (AvgIpc) is 2.71. The van der Waals surface area contributed by atoms with E-state index in [4.69, 9.17) is 9.84 Å². The molecule has 0 amide bonds. The fraction of sp³-hybridized carbons (Fsp3) is 0.250. The Morgan fingerprint density at radius 2 is 2.07 bits per heavy atom. The maximum Gasteiger partial charge on any atom is 0.335 e. The first-order valence-corrected chi connectivity index (χ1v) is 4.92. The van der Waals surface area contributed by atoms with Crippen LogP contribution in [0.2, 0.25) is 0 Å². The fourth-order valence-electron chi connectivity index (χ4n) is 1.54. The third-order valence-corrected chi connectivity index (χ3v) is 2.34. The Balaban J connectivity index is 2.16. The van der Waals surface area contributed by atoms with Gasteiger partial charge in [-0.15, -0.1) is 0 Å². The molecule has 3 nitrogen and oxygen atoms in total. The van der Waals surface area contributed by atoms with Crippen molar-refractivity contribution in [3.63, 3.8) is 0 Å². The summed E-state index contributed by atoms with van der Waals surface area (Å²) in [6.45, 7) is 0.791. The Morgan fingerprint density at radius 1 is 1.33 bits per heavy atom. The molecule has 1 heterocycles. The van der Waals surface area contributed by atoms with Gasteiger partial charge in [-0.05, 0) is 30.2 Å². The number of hydrogen-bond acceptors (Lipinski definition) is 2. The van der Waals surface area contributed by atoms with Crippen LogP contribution in [0.4, 0.5) is 0 Å². The normalized spacial score (nSPS) is 17.7. The second kappa shape index (κ2) is 4.17. The largest absolute Gasteiger partial charge is 0.498 e. The summed E-state index contributed by atoms with van der Waals surface area (Å²) < 4.78 is 5.38. The van der Waals surface area contributed by atoms with E-state index in [1.807, 2.05) is 6.08 Å². The SMILES string of the molecule is O=C(O)c1ccc(C=C2CCCO2)cc1. The molecule has 1 aliphatic heterocycles. The molecule has 1 aromatic carbocycles. The summed E-state index contributed by atoms with van der Waals surface area (Å²) in [5.41, 5.74) is 1.29. The topological polar surface area (TPSA) is 46.5 Å². The summed E-state index contributed by atoms with van der Waals surface area (Å²) in [4.78, 5) is 10.6. The minimum Gasteiger partial charge on any atom is -0.498 e. The monoisotopic (exact) mass is 204 g/mol. The second-order valence-electron chi connectivity index (χ2n) is 3.49. The van der Waals surface area contributed by atoms with Crippen molar-refractivity contribution in [2.75, 3.05) is 6.61 Å². The zero-order chi connectivity index (χ0) is 10.7. The predicted octanol–water partition coefficient (Wildman–Crippen LogP) is 2.54. The first-order valence-electron chi connectivity index (χ1n) is 4.92. The van der Waals surface area contributed by atoms with Gasteiger partial charge in [-0.2, -0.15) is 0 Å². The van der Waals surface area contributed by atoms with Gasteiger partial charge in [-0.1, -0.05) is 12.1 Å². The number of carbonyl (C=O) groups is 1. The van der Waals surface area contributed by atoms with Crippen molar-refractivity contribution in [3.05, 3.63) is 41.2 Å². The molecule has 0 atom stereocenters. The highest BCUT2D eigenvalue weighted by Crippen LogP contribution is 2.19. The molecule has 1 aromatic rings. The van der Waals surface area contributed by atoms with E-state index in [2.05, 4.69) is 0 Å². The van der Waals surface area contributed by atoms with E-state index in [9.17, 15) is 4.79 Å². The third kappa shape index (κ3) is 2.37. The number of ether oxygens (including phenoxy) is 1. The lowest BCUT2D eigenvalue weighted by Crippen LogP contribution is -1.94. The van der Waals surface area contributed by atoms with Crippen molar-refractivity contribution in [1.29, 1.82) is 0 Å². The second-order valence-corrected chi connectivity index (χ2v) is 3.49. The molecular weight excluding hydrogens is 192 g/mol. The Morgan fingerprint density at radius 3 is 2.60 bits per heavy atom. The predicted molar refractivity (Wildman–Crippen MR) is 56.6 cm³/mol. The number of carboxylic acid groups (broad SMARTS) is 1. The fourth-order valence-corrected chi connectivity index (χ4v) is 1.54. The lowest BCUT2D eigenvalue weighted by atomic mass is 10.1. The summed E-state index contributed by atoms with van der Waals surface area (Å²) in [7, 11) is 0. The van der Waals surface area contributed by atoms with E-state index >= 15 is 0 Å². The van der Waals surface area contributed by atoms with Crippen LogP contribution in [0.25, 0.3) is 6.08 Å². The molecule has 0 unspecified atom stereocenters. The van der Waals surface area contributed by atoms with Gasteiger partial charge in [-0.3, -0.25) is 0 Å². The van der Waals surface area contributed by atoms with Crippen molar-refractivity contribution in [1.82, 2.24) is 0 Å². The molecule has 0 aliphatic carbocycles. The summed E-state index contributed by atoms with van der Waals surface area (Å²) in [6, 6.07) is 6.78. The maximum absolute atomic E-state index is 10.6. The molecular formula is C12H12O3. The van der Waals surface area contributed by atoms with Crippen molar-refractivity contribution in [3.8, 4) is 0 Å². The van der Waals surface area contributed by atoms with E-state index in [0.29, 0.717) is 5.56 Å². The Kier molecular flexibility index (Phi) is 2.72. The van der Waals surface area contributed by atoms with Crippen LogP contribution >= 0.6 is 0 Å². The van der Waals surface area contributed by atoms with Crippen LogP contribution in [-0.4, -0.2) is 17.7 Å². The number of allylic oxidation sites excluding steroid dienone is 1. The molecule has 2 rings (SSSR count). The molecule has 15 heavy (non-hydrogen) atoms. The molecule has 0 bridgehead atoms. The molecule has 0 spiro atoms. The molecule has 0 saturated carbocycles. The first-order chi connectivity index (χ1) is 7.25. The highest BCUT2D eigenvalue weighted by molar-refractivity contribution is 5.87. The molecule has 3 heteroatoms. The molecule has 1 saturated heterocycles. The zero-order valence-electron chi connectivity index (χ0n) is 8.27. The lowest BCUT2D eigenvalue weighted by Gasteiger charge is -1.99. The molecule has 0 radical (unpaired) electrons. The Labute approximate surface area is 88.0 Å². The zero-order valence-corrected chi connectivity index (χ0v) is 8.27. The summed E-state index contributed by atoms with van der Waals surface area (Å²) in [5, 5.41) is 8.72. The lowest BCUT2D eigenvalue weighted by molar-refractivity contribution is 0.0697. The van der Waals surface area contributed by atoms with E-state index in [1.54, 1.807) is 24.3 Å². The minimum absolute atomic E-state index is 0.310. The van der Waals surface area contributed by atoms with Gasteiger partial charge in [0.05, 0.1) is 17.9 Å². The van der Waals surface area contributed by atoms with Gasteiger partial charge in [0.15, 0.2) is 0 Å². The molecule has 1 fully saturated rings. The quantitative estimate of drug-likeness (QED) is 0.805. The van der Waals surface area contributed by atoms with E-state index in [-0.39, 0.29) is 0 Å². The number of hydrogen-bond donors (Lipinski definition) is 1. The van der Waals surface area contributed by atoms with Gasteiger partial charge in [0, 0.05) is 6.42 Å². The highest BCUT2D eigenvalue weighted by atomic mass is 16.5. The van der Waals surface area contributed by atoms with E-state index in [1.165, 1.54) is 0 Å². The van der Waals surface area contributed by atoms with Crippen LogP contribution in [0.3, 0.4) is 0 Å². The van der Waals surface area contributed by atoms with Crippen LogP contribution < -0.4 is 0 Å².